The van der Waals surface area contributed by atoms with Crippen molar-refractivity contribution in [2.45, 2.75) is 45.4 Å². The molecule has 2 unspecified atom stereocenters. The van der Waals surface area contributed by atoms with Crippen LogP contribution in [0, 0.1) is 5.41 Å². The van der Waals surface area contributed by atoms with Crippen molar-refractivity contribution < 1.29 is 5.11 Å². The van der Waals surface area contributed by atoms with E-state index in [2.05, 4.69) is 24.3 Å². The standard InChI is InChI=1S/C12H21N3O/c1-12(2)10(9-11(12)16)13-5-3-7-15-8-4-6-14-15/h4,6,8,10-11,13,16H,3,5,7,9H2,1-2H3. The molecule has 2 rings (SSSR count). The fourth-order valence-electron chi connectivity index (χ4n) is 2.20. The average molecular weight is 223 g/mol. The number of aliphatic hydroxyl groups is 1. The molecule has 1 aromatic heterocycles. The van der Waals surface area contributed by atoms with Crippen molar-refractivity contribution in [3.8, 4) is 0 Å². The van der Waals surface area contributed by atoms with E-state index in [1.165, 1.54) is 0 Å². The summed E-state index contributed by atoms with van der Waals surface area (Å²) < 4.78 is 1.95. The number of aliphatic hydroxyl groups excluding tert-OH is 1. The molecule has 1 heterocycles. The lowest BCUT2D eigenvalue weighted by Gasteiger charge is -2.49. The van der Waals surface area contributed by atoms with E-state index in [0.29, 0.717) is 6.04 Å². The van der Waals surface area contributed by atoms with Crippen molar-refractivity contribution in [2.75, 3.05) is 6.54 Å². The Balaban J connectivity index is 1.62. The third kappa shape index (κ3) is 2.28. The van der Waals surface area contributed by atoms with Gasteiger partial charge in [-0.05, 0) is 25.5 Å². The molecule has 0 radical (unpaired) electrons. The number of aromatic nitrogens is 2. The van der Waals surface area contributed by atoms with Gasteiger partial charge in [0, 0.05) is 30.4 Å². The van der Waals surface area contributed by atoms with E-state index in [0.717, 1.165) is 25.9 Å². The van der Waals surface area contributed by atoms with Gasteiger partial charge in [-0.3, -0.25) is 4.68 Å². The van der Waals surface area contributed by atoms with E-state index in [4.69, 9.17) is 0 Å². The van der Waals surface area contributed by atoms with Gasteiger partial charge in [-0.1, -0.05) is 13.8 Å². The topological polar surface area (TPSA) is 50.1 Å². The summed E-state index contributed by atoms with van der Waals surface area (Å²) in [6.07, 6.45) is 5.60. The second kappa shape index (κ2) is 4.55. The minimum atomic E-state index is -0.142. The largest absolute Gasteiger partial charge is 0.392 e. The van der Waals surface area contributed by atoms with Gasteiger partial charge >= 0.3 is 0 Å². The molecule has 4 nitrogen and oxygen atoms in total. The number of rotatable bonds is 5. The average Bonchev–Trinajstić information content (AvgIpc) is 2.75. The van der Waals surface area contributed by atoms with Crippen molar-refractivity contribution >= 4 is 0 Å². The molecule has 0 aromatic carbocycles. The maximum atomic E-state index is 9.60. The molecule has 2 N–H and O–H groups in total. The fraction of sp³-hybridized carbons (Fsp3) is 0.750. The van der Waals surface area contributed by atoms with E-state index in [9.17, 15) is 5.11 Å². The summed E-state index contributed by atoms with van der Waals surface area (Å²) in [6.45, 7) is 6.18. The first-order valence-electron chi connectivity index (χ1n) is 5.99. The van der Waals surface area contributed by atoms with E-state index >= 15 is 0 Å². The monoisotopic (exact) mass is 223 g/mol. The van der Waals surface area contributed by atoms with Crippen LogP contribution in [0.4, 0.5) is 0 Å². The van der Waals surface area contributed by atoms with Crippen LogP contribution in [-0.2, 0) is 6.54 Å². The van der Waals surface area contributed by atoms with E-state index < -0.39 is 0 Å². The first kappa shape index (κ1) is 11.6. The summed E-state index contributed by atoms with van der Waals surface area (Å²) in [7, 11) is 0. The van der Waals surface area contributed by atoms with Crippen molar-refractivity contribution in [3.05, 3.63) is 18.5 Å². The summed E-state index contributed by atoms with van der Waals surface area (Å²) in [5.74, 6) is 0. The first-order valence-corrected chi connectivity index (χ1v) is 5.99. The minimum absolute atomic E-state index is 0.0334. The molecule has 0 bridgehead atoms. The zero-order valence-electron chi connectivity index (χ0n) is 10.1. The molecule has 1 saturated carbocycles. The van der Waals surface area contributed by atoms with E-state index in [1.807, 2.05) is 16.9 Å². The predicted octanol–water partition coefficient (Wildman–Crippen LogP) is 1.02. The zero-order chi connectivity index (χ0) is 11.6. The van der Waals surface area contributed by atoms with Gasteiger partial charge in [0.2, 0.25) is 0 Å². The van der Waals surface area contributed by atoms with Crippen molar-refractivity contribution in [1.29, 1.82) is 0 Å². The molecule has 16 heavy (non-hydrogen) atoms. The Labute approximate surface area is 96.7 Å². The molecule has 4 heteroatoms. The molecule has 90 valence electrons. The highest BCUT2D eigenvalue weighted by Gasteiger charge is 2.46. The van der Waals surface area contributed by atoms with Crippen LogP contribution in [0.25, 0.3) is 0 Å². The van der Waals surface area contributed by atoms with E-state index in [1.54, 1.807) is 6.20 Å². The summed E-state index contributed by atoms with van der Waals surface area (Å²) in [6, 6.07) is 2.40. The van der Waals surface area contributed by atoms with E-state index in [-0.39, 0.29) is 11.5 Å². The third-order valence-electron chi connectivity index (χ3n) is 3.73. The molecule has 2 atom stereocenters. The quantitative estimate of drug-likeness (QED) is 0.733. The Morgan fingerprint density at radius 2 is 2.38 bits per heavy atom. The van der Waals surface area contributed by atoms with Crippen LogP contribution >= 0.6 is 0 Å². The molecule has 1 fully saturated rings. The molecular weight excluding hydrogens is 202 g/mol. The van der Waals surface area contributed by atoms with Crippen LogP contribution in [0.1, 0.15) is 26.7 Å². The Kier molecular flexibility index (Phi) is 3.30. The van der Waals surface area contributed by atoms with Crippen molar-refractivity contribution in [2.24, 2.45) is 5.41 Å². The summed E-state index contributed by atoms with van der Waals surface area (Å²) in [5, 5.41) is 17.3. The second-order valence-corrected chi connectivity index (χ2v) is 5.20. The van der Waals surface area contributed by atoms with Crippen molar-refractivity contribution in [1.82, 2.24) is 15.1 Å². The maximum absolute atomic E-state index is 9.60. The van der Waals surface area contributed by atoms with Crippen LogP contribution in [-0.4, -0.2) is 33.6 Å². The van der Waals surface area contributed by atoms with Crippen LogP contribution in [0.5, 0.6) is 0 Å². The molecular formula is C12H21N3O. The van der Waals surface area contributed by atoms with Gasteiger partial charge in [0.05, 0.1) is 6.10 Å². The van der Waals surface area contributed by atoms with Crippen molar-refractivity contribution in [3.63, 3.8) is 0 Å². The Hall–Kier alpha value is -0.870. The fourth-order valence-corrected chi connectivity index (χ4v) is 2.20. The van der Waals surface area contributed by atoms with Gasteiger partial charge in [-0.15, -0.1) is 0 Å². The second-order valence-electron chi connectivity index (χ2n) is 5.20. The normalized spacial score (nSPS) is 27.7. The molecule has 1 aliphatic carbocycles. The predicted molar refractivity (Wildman–Crippen MR) is 63.0 cm³/mol. The number of nitrogens with zero attached hydrogens (tertiary/aromatic N) is 2. The van der Waals surface area contributed by atoms with Crippen LogP contribution in [0.3, 0.4) is 0 Å². The Morgan fingerprint density at radius 1 is 1.56 bits per heavy atom. The third-order valence-corrected chi connectivity index (χ3v) is 3.73. The number of nitrogens with one attached hydrogen (secondary N) is 1. The van der Waals surface area contributed by atoms with Gasteiger partial charge in [-0.2, -0.15) is 5.10 Å². The first-order chi connectivity index (χ1) is 7.60. The molecule has 1 aliphatic rings. The Bertz CT molecular complexity index is 321. The lowest BCUT2D eigenvalue weighted by Crippen LogP contribution is -2.60. The van der Waals surface area contributed by atoms with Gasteiger partial charge in [0.25, 0.3) is 0 Å². The molecule has 0 saturated heterocycles. The number of hydrogen-bond donors (Lipinski definition) is 2. The lowest BCUT2D eigenvalue weighted by molar-refractivity contribution is -0.0723. The van der Waals surface area contributed by atoms with Gasteiger partial charge < -0.3 is 10.4 Å². The minimum Gasteiger partial charge on any atom is -0.392 e. The molecule has 0 aliphatic heterocycles. The highest BCUT2D eigenvalue weighted by molar-refractivity contribution is 5.01. The smallest absolute Gasteiger partial charge is 0.0621 e. The summed E-state index contributed by atoms with van der Waals surface area (Å²) in [4.78, 5) is 0. The highest BCUT2D eigenvalue weighted by atomic mass is 16.3. The molecule has 0 spiro atoms. The summed E-state index contributed by atoms with van der Waals surface area (Å²) >= 11 is 0. The number of hydrogen-bond acceptors (Lipinski definition) is 3. The molecule has 1 aromatic rings. The Morgan fingerprint density at radius 3 is 2.94 bits per heavy atom. The zero-order valence-corrected chi connectivity index (χ0v) is 10.1. The SMILES string of the molecule is CC1(C)C(O)CC1NCCCn1cccn1. The van der Waals surface area contributed by atoms with Gasteiger partial charge in [-0.25, -0.2) is 0 Å². The van der Waals surface area contributed by atoms with Gasteiger partial charge in [0.1, 0.15) is 0 Å². The summed E-state index contributed by atoms with van der Waals surface area (Å²) in [5.41, 5.74) is 0.0334. The van der Waals surface area contributed by atoms with Crippen LogP contribution < -0.4 is 5.32 Å². The molecule has 0 amide bonds. The van der Waals surface area contributed by atoms with Crippen LogP contribution in [0.15, 0.2) is 18.5 Å². The van der Waals surface area contributed by atoms with Crippen LogP contribution in [0.2, 0.25) is 0 Å². The van der Waals surface area contributed by atoms with Gasteiger partial charge in [0.15, 0.2) is 0 Å². The lowest BCUT2D eigenvalue weighted by atomic mass is 9.64. The maximum Gasteiger partial charge on any atom is 0.0621 e. The number of aryl methyl sites for hydroxylation is 1. The highest BCUT2D eigenvalue weighted by Crippen LogP contribution is 2.40.